The first kappa shape index (κ1) is 20.7. The third kappa shape index (κ3) is 6.26. The van der Waals surface area contributed by atoms with Crippen LogP contribution < -0.4 is 10.8 Å². The molecule has 7 nitrogen and oxygen atoms in total. The van der Waals surface area contributed by atoms with Crippen molar-refractivity contribution in [1.29, 1.82) is 0 Å². The quantitative estimate of drug-likeness (QED) is 0.216. The third-order valence-corrected chi connectivity index (χ3v) is 4.36. The number of anilines is 1. The lowest BCUT2D eigenvalue weighted by Gasteiger charge is -2.23. The summed E-state index contributed by atoms with van der Waals surface area (Å²) in [6.45, 7) is 1.72. The van der Waals surface area contributed by atoms with Gasteiger partial charge in [-0.15, -0.1) is 0 Å². The smallest absolute Gasteiger partial charge is 0.412 e. The van der Waals surface area contributed by atoms with Gasteiger partial charge >= 0.3 is 6.09 Å². The van der Waals surface area contributed by atoms with E-state index in [1.165, 1.54) is 17.6 Å². The molecule has 0 saturated heterocycles. The number of phenols is 1. The molecule has 142 valence electrons. The number of aromatic hydroxyl groups is 1. The molecule has 2 atom stereocenters. The number of carbonyl (C=O) groups is 2. The molecule has 0 aliphatic rings. The van der Waals surface area contributed by atoms with Crippen LogP contribution >= 0.6 is 22.6 Å². The highest BCUT2D eigenvalue weighted by Crippen LogP contribution is 2.34. The van der Waals surface area contributed by atoms with Crippen LogP contribution in [-0.2, 0) is 9.53 Å². The lowest BCUT2D eigenvalue weighted by Crippen LogP contribution is -2.22. The van der Waals surface area contributed by atoms with Crippen molar-refractivity contribution >= 4 is 40.3 Å². The summed E-state index contributed by atoms with van der Waals surface area (Å²) in [5.74, 6) is -1.20. The summed E-state index contributed by atoms with van der Waals surface area (Å²) < 4.78 is 6.39. The number of halogens is 1. The first-order valence-corrected chi connectivity index (χ1v) is 9.12. The maximum atomic E-state index is 12.3. The SMILES string of the molecule is C[C@@H](/C=C/C(=O)NO)[C@@H](OC(=O)Nc1ccccc1)c1cc(I)ccc1O. The van der Waals surface area contributed by atoms with E-state index >= 15 is 0 Å². The van der Waals surface area contributed by atoms with Crippen LogP contribution in [0.15, 0.2) is 60.7 Å². The second-order valence-corrected chi connectivity index (χ2v) is 6.96. The number of carbonyl (C=O) groups excluding carboxylic acids is 2. The Morgan fingerprint density at radius 2 is 1.89 bits per heavy atom. The van der Waals surface area contributed by atoms with Gasteiger partial charge in [-0.3, -0.25) is 15.3 Å². The van der Waals surface area contributed by atoms with Gasteiger partial charge in [0.05, 0.1) is 0 Å². The van der Waals surface area contributed by atoms with Gasteiger partial charge in [-0.05, 0) is 52.9 Å². The zero-order chi connectivity index (χ0) is 19.8. The molecule has 2 aromatic rings. The van der Waals surface area contributed by atoms with E-state index in [1.807, 2.05) is 6.07 Å². The number of hydrogen-bond donors (Lipinski definition) is 4. The fourth-order valence-corrected chi connectivity index (χ4v) is 2.88. The number of hydrogen-bond acceptors (Lipinski definition) is 5. The normalized spacial score (nSPS) is 13.0. The summed E-state index contributed by atoms with van der Waals surface area (Å²) in [5.41, 5.74) is 2.47. The van der Waals surface area contributed by atoms with E-state index in [0.29, 0.717) is 11.3 Å². The summed E-state index contributed by atoms with van der Waals surface area (Å²) in [6, 6.07) is 13.7. The highest BCUT2D eigenvalue weighted by atomic mass is 127. The Morgan fingerprint density at radius 1 is 1.19 bits per heavy atom. The van der Waals surface area contributed by atoms with Gasteiger partial charge in [0.15, 0.2) is 0 Å². The molecule has 0 radical (unpaired) electrons. The average Bonchev–Trinajstić information content (AvgIpc) is 2.66. The van der Waals surface area contributed by atoms with Crippen molar-refractivity contribution in [1.82, 2.24) is 5.48 Å². The fourth-order valence-electron chi connectivity index (χ4n) is 2.37. The first-order valence-electron chi connectivity index (χ1n) is 8.04. The zero-order valence-electron chi connectivity index (χ0n) is 14.4. The molecule has 8 heteroatoms. The number of ether oxygens (including phenoxy) is 1. The maximum Gasteiger partial charge on any atom is 0.412 e. The zero-order valence-corrected chi connectivity index (χ0v) is 16.6. The monoisotopic (exact) mass is 482 g/mol. The van der Waals surface area contributed by atoms with E-state index in [0.717, 1.165) is 9.65 Å². The van der Waals surface area contributed by atoms with Crippen LogP contribution in [0, 0.1) is 9.49 Å². The summed E-state index contributed by atoms with van der Waals surface area (Å²) in [7, 11) is 0. The van der Waals surface area contributed by atoms with E-state index in [2.05, 4.69) is 27.9 Å². The Balaban J connectivity index is 2.26. The van der Waals surface area contributed by atoms with Crippen molar-refractivity contribution in [2.45, 2.75) is 13.0 Å². The highest BCUT2D eigenvalue weighted by molar-refractivity contribution is 14.1. The van der Waals surface area contributed by atoms with Crippen LogP contribution in [0.1, 0.15) is 18.6 Å². The summed E-state index contributed by atoms with van der Waals surface area (Å²) in [5, 5.41) is 21.4. The van der Waals surface area contributed by atoms with Gasteiger partial charge < -0.3 is 9.84 Å². The number of benzene rings is 2. The Hall–Kier alpha value is -2.59. The molecular weight excluding hydrogens is 463 g/mol. The second-order valence-electron chi connectivity index (χ2n) is 5.71. The van der Waals surface area contributed by atoms with Crippen molar-refractivity contribution in [3.8, 4) is 5.75 Å². The van der Waals surface area contributed by atoms with E-state index in [9.17, 15) is 14.7 Å². The van der Waals surface area contributed by atoms with E-state index in [1.54, 1.807) is 43.3 Å². The van der Waals surface area contributed by atoms with Gasteiger partial charge in [-0.25, -0.2) is 10.3 Å². The molecule has 0 heterocycles. The van der Waals surface area contributed by atoms with Crippen molar-refractivity contribution < 1.29 is 24.6 Å². The number of nitrogens with one attached hydrogen (secondary N) is 2. The van der Waals surface area contributed by atoms with E-state index in [-0.39, 0.29) is 5.75 Å². The number of phenolic OH excluding ortho intramolecular Hbond substituents is 1. The largest absolute Gasteiger partial charge is 0.508 e. The minimum atomic E-state index is -0.855. The molecule has 2 rings (SSSR count). The Labute approximate surface area is 170 Å². The number of hydroxylamine groups is 1. The molecule has 0 aromatic heterocycles. The molecule has 0 aliphatic carbocycles. The molecule has 27 heavy (non-hydrogen) atoms. The molecule has 0 fully saturated rings. The summed E-state index contributed by atoms with van der Waals surface area (Å²) >= 11 is 2.09. The standard InChI is InChI=1S/C19H19IN2O5/c1-12(7-10-17(24)22-26)18(15-11-13(20)8-9-16(15)23)27-19(25)21-14-5-3-2-4-6-14/h2-12,18,23,26H,1H3,(H,21,25)(H,22,24)/b10-7+/t12-,18+/m0/s1. The van der Waals surface area contributed by atoms with Crippen LogP contribution in [-0.4, -0.2) is 22.3 Å². The molecule has 0 unspecified atom stereocenters. The molecule has 0 bridgehead atoms. The van der Waals surface area contributed by atoms with E-state index < -0.39 is 24.0 Å². The molecule has 4 N–H and O–H groups in total. The highest BCUT2D eigenvalue weighted by Gasteiger charge is 2.25. The van der Waals surface area contributed by atoms with Crippen LogP contribution in [0.2, 0.25) is 0 Å². The van der Waals surface area contributed by atoms with Gasteiger partial charge in [-0.2, -0.15) is 0 Å². The van der Waals surface area contributed by atoms with Crippen LogP contribution in [0.3, 0.4) is 0 Å². The van der Waals surface area contributed by atoms with Crippen LogP contribution in [0.25, 0.3) is 0 Å². The van der Waals surface area contributed by atoms with Crippen molar-refractivity contribution in [2.24, 2.45) is 5.92 Å². The average molecular weight is 482 g/mol. The predicted octanol–water partition coefficient (Wildman–Crippen LogP) is 3.98. The minimum Gasteiger partial charge on any atom is -0.508 e. The Morgan fingerprint density at radius 3 is 2.56 bits per heavy atom. The lowest BCUT2D eigenvalue weighted by molar-refractivity contribution is -0.124. The third-order valence-electron chi connectivity index (χ3n) is 3.69. The number of rotatable bonds is 6. The summed E-state index contributed by atoms with van der Waals surface area (Å²) in [6.07, 6.45) is 1.05. The van der Waals surface area contributed by atoms with Crippen molar-refractivity contribution in [2.75, 3.05) is 5.32 Å². The van der Waals surface area contributed by atoms with Gasteiger partial charge in [0.2, 0.25) is 0 Å². The fraction of sp³-hybridized carbons (Fsp3) is 0.158. The van der Waals surface area contributed by atoms with Gasteiger partial charge in [0, 0.05) is 26.8 Å². The summed E-state index contributed by atoms with van der Waals surface area (Å²) in [4.78, 5) is 23.6. The number of amides is 2. The Kier molecular flexibility index (Phi) is 7.62. The molecule has 0 spiro atoms. The molecule has 0 aliphatic heterocycles. The first-order chi connectivity index (χ1) is 12.9. The van der Waals surface area contributed by atoms with Crippen LogP contribution in [0.5, 0.6) is 5.75 Å². The Bertz CT molecular complexity index is 826. The second kappa shape index (κ2) is 9.93. The molecule has 0 saturated carbocycles. The van der Waals surface area contributed by atoms with Gasteiger partial charge in [0.1, 0.15) is 11.9 Å². The van der Waals surface area contributed by atoms with Gasteiger partial charge in [0.25, 0.3) is 5.91 Å². The minimum absolute atomic E-state index is 0.0280. The van der Waals surface area contributed by atoms with Crippen LogP contribution in [0.4, 0.5) is 10.5 Å². The van der Waals surface area contributed by atoms with Crippen molar-refractivity contribution in [3.05, 3.63) is 69.8 Å². The van der Waals surface area contributed by atoms with Crippen molar-refractivity contribution in [3.63, 3.8) is 0 Å². The maximum absolute atomic E-state index is 12.3. The molecular formula is C19H19IN2O5. The molecule has 2 aromatic carbocycles. The van der Waals surface area contributed by atoms with Gasteiger partial charge in [-0.1, -0.05) is 31.2 Å². The topological polar surface area (TPSA) is 108 Å². The predicted molar refractivity (Wildman–Crippen MR) is 108 cm³/mol. The number of para-hydroxylation sites is 1. The van der Waals surface area contributed by atoms with E-state index in [4.69, 9.17) is 9.94 Å². The lowest BCUT2D eigenvalue weighted by atomic mass is 9.96. The molecule has 2 amide bonds.